The van der Waals surface area contributed by atoms with Crippen LogP contribution in [0, 0.1) is 5.92 Å². The van der Waals surface area contributed by atoms with Crippen LogP contribution in [0.4, 0.5) is 0 Å². The molecule has 120 valence electrons. The molecule has 3 atom stereocenters. The molecule has 0 amide bonds. The van der Waals surface area contributed by atoms with E-state index in [1.54, 1.807) is 22.3 Å². The van der Waals surface area contributed by atoms with E-state index in [9.17, 15) is 0 Å². The van der Waals surface area contributed by atoms with Gasteiger partial charge in [0.15, 0.2) is 0 Å². The first-order valence-electron chi connectivity index (χ1n) is 9.01. The number of likely N-dealkylation sites (N-methyl/N-ethyl adjacent to an activating group) is 1. The van der Waals surface area contributed by atoms with Gasteiger partial charge in [0.2, 0.25) is 0 Å². The molecule has 2 aromatic carbocycles. The van der Waals surface area contributed by atoms with Gasteiger partial charge < -0.3 is 4.48 Å². The van der Waals surface area contributed by atoms with Crippen LogP contribution in [-0.4, -0.2) is 18.1 Å². The molecule has 2 aliphatic rings. The van der Waals surface area contributed by atoms with Gasteiger partial charge in [-0.2, -0.15) is 0 Å². The van der Waals surface area contributed by atoms with Crippen LogP contribution in [0.2, 0.25) is 0 Å². The largest absolute Gasteiger partial charge is 0.307 e. The second-order valence-corrected chi connectivity index (χ2v) is 8.21. The van der Waals surface area contributed by atoms with Gasteiger partial charge in [0.25, 0.3) is 0 Å². The van der Waals surface area contributed by atoms with Crippen molar-refractivity contribution < 1.29 is 4.48 Å². The first-order valence-corrected chi connectivity index (χ1v) is 9.01. The van der Waals surface area contributed by atoms with E-state index in [4.69, 9.17) is 0 Å². The van der Waals surface area contributed by atoms with E-state index in [0.717, 1.165) is 10.4 Å². The highest BCUT2D eigenvalue weighted by Crippen LogP contribution is 2.59. The van der Waals surface area contributed by atoms with E-state index >= 15 is 0 Å². The van der Waals surface area contributed by atoms with Gasteiger partial charge in [-0.15, -0.1) is 0 Å². The lowest BCUT2D eigenvalue weighted by molar-refractivity contribution is -0.981. The quantitative estimate of drug-likeness (QED) is 0.696. The van der Waals surface area contributed by atoms with Crippen molar-refractivity contribution in [2.24, 2.45) is 5.92 Å². The van der Waals surface area contributed by atoms with Crippen molar-refractivity contribution in [2.45, 2.75) is 45.2 Å². The number of nitrogens with zero attached hydrogens (tertiary/aromatic N) is 1. The van der Waals surface area contributed by atoms with Crippen molar-refractivity contribution in [2.75, 3.05) is 13.6 Å². The molecular formula is C22H28N+. The van der Waals surface area contributed by atoms with Crippen LogP contribution >= 0.6 is 0 Å². The Morgan fingerprint density at radius 2 is 1.70 bits per heavy atom. The van der Waals surface area contributed by atoms with Crippen LogP contribution in [0.15, 0.2) is 48.5 Å². The zero-order valence-electron chi connectivity index (χ0n) is 14.8. The summed E-state index contributed by atoms with van der Waals surface area (Å²) >= 11 is 0. The lowest BCUT2D eigenvalue weighted by Crippen LogP contribution is -2.59. The van der Waals surface area contributed by atoms with Crippen LogP contribution in [0.25, 0.3) is 0 Å². The van der Waals surface area contributed by atoms with Crippen molar-refractivity contribution in [3.05, 3.63) is 70.8 Å². The zero-order chi connectivity index (χ0) is 16.2. The van der Waals surface area contributed by atoms with Crippen molar-refractivity contribution in [1.82, 2.24) is 0 Å². The first-order chi connectivity index (χ1) is 11.0. The Bertz CT molecular complexity index is 734. The average molecular weight is 306 g/mol. The molecule has 0 radical (unpaired) electrons. The Kier molecular flexibility index (Phi) is 3.22. The van der Waals surface area contributed by atoms with E-state index in [0.29, 0.717) is 6.04 Å². The second-order valence-electron chi connectivity index (χ2n) is 8.21. The maximum atomic E-state index is 2.50. The summed E-state index contributed by atoms with van der Waals surface area (Å²) in [6, 6.07) is 18.9. The third-order valence-electron chi connectivity index (χ3n) is 6.68. The van der Waals surface area contributed by atoms with Crippen molar-refractivity contribution >= 4 is 0 Å². The highest BCUT2D eigenvalue weighted by Gasteiger charge is 2.61. The molecule has 0 saturated carbocycles. The van der Waals surface area contributed by atoms with E-state index in [1.807, 2.05) is 0 Å². The number of benzene rings is 2. The SMILES string of the molecule is CC(C)CC[N@+]1(C)[C@H]2Cc3ccccc3[C@]1(C)c1ccccc12. The summed E-state index contributed by atoms with van der Waals surface area (Å²) in [6.45, 7) is 8.44. The van der Waals surface area contributed by atoms with Crippen LogP contribution < -0.4 is 0 Å². The molecule has 23 heavy (non-hydrogen) atoms. The number of rotatable bonds is 3. The molecular weight excluding hydrogens is 278 g/mol. The molecule has 2 heterocycles. The fourth-order valence-electron chi connectivity index (χ4n) is 5.14. The Hall–Kier alpha value is -1.60. The molecule has 4 rings (SSSR count). The lowest BCUT2D eigenvalue weighted by atomic mass is 9.78. The number of fused-ring (bicyclic) bond motifs is 7. The summed E-state index contributed by atoms with van der Waals surface area (Å²) in [5.41, 5.74) is 6.33. The van der Waals surface area contributed by atoms with Gasteiger partial charge in [-0.3, -0.25) is 0 Å². The normalized spacial score (nSPS) is 31.1. The van der Waals surface area contributed by atoms with Gasteiger partial charge in [-0.25, -0.2) is 0 Å². The predicted octanol–water partition coefficient (Wildman–Crippen LogP) is 5.05. The Balaban J connectivity index is 1.95. The summed E-state index contributed by atoms with van der Waals surface area (Å²) in [4.78, 5) is 0. The van der Waals surface area contributed by atoms with Crippen LogP contribution in [-0.2, 0) is 12.0 Å². The summed E-state index contributed by atoms with van der Waals surface area (Å²) in [5.74, 6) is 0.758. The molecule has 0 N–H and O–H groups in total. The monoisotopic (exact) mass is 306 g/mol. The summed E-state index contributed by atoms with van der Waals surface area (Å²) in [5, 5.41) is 0. The minimum absolute atomic E-state index is 0.0883. The number of hydrogen-bond acceptors (Lipinski definition) is 0. The van der Waals surface area contributed by atoms with Crippen LogP contribution in [0.3, 0.4) is 0 Å². The van der Waals surface area contributed by atoms with E-state index in [-0.39, 0.29) is 5.54 Å². The molecule has 0 aromatic heterocycles. The van der Waals surface area contributed by atoms with Crippen molar-refractivity contribution in [3.8, 4) is 0 Å². The first kappa shape index (κ1) is 15.0. The van der Waals surface area contributed by atoms with Crippen LogP contribution in [0.5, 0.6) is 0 Å². The molecule has 2 aliphatic heterocycles. The molecule has 1 nitrogen and oxygen atoms in total. The minimum Gasteiger partial charge on any atom is -0.307 e. The van der Waals surface area contributed by atoms with Crippen molar-refractivity contribution in [3.63, 3.8) is 0 Å². The molecule has 0 unspecified atom stereocenters. The van der Waals surface area contributed by atoms with Gasteiger partial charge >= 0.3 is 0 Å². The molecule has 1 heteroatoms. The molecule has 0 aliphatic carbocycles. The smallest absolute Gasteiger partial charge is 0.149 e. The fourth-order valence-corrected chi connectivity index (χ4v) is 5.14. The van der Waals surface area contributed by atoms with Crippen LogP contribution in [0.1, 0.15) is 55.5 Å². The maximum absolute atomic E-state index is 2.50. The van der Waals surface area contributed by atoms with E-state index in [2.05, 4.69) is 76.3 Å². The molecule has 2 bridgehead atoms. The fraction of sp³-hybridized carbons (Fsp3) is 0.455. The molecule has 0 saturated heterocycles. The molecule has 0 spiro atoms. The number of hydrogen-bond donors (Lipinski definition) is 0. The minimum atomic E-state index is 0.0883. The summed E-state index contributed by atoms with van der Waals surface area (Å²) in [6.07, 6.45) is 2.47. The topological polar surface area (TPSA) is 0 Å². The van der Waals surface area contributed by atoms with Gasteiger partial charge in [0.1, 0.15) is 11.6 Å². The van der Waals surface area contributed by atoms with Gasteiger partial charge in [0, 0.05) is 23.1 Å². The second kappa shape index (κ2) is 4.95. The van der Waals surface area contributed by atoms with Gasteiger partial charge in [-0.1, -0.05) is 62.4 Å². The highest BCUT2D eigenvalue weighted by atomic mass is 15.4. The summed E-state index contributed by atoms with van der Waals surface area (Å²) in [7, 11) is 2.50. The van der Waals surface area contributed by atoms with E-state index in [1.165, 1.54) is 19.4 Å². The van der Waals surface area contributed by atoms with Gasteiger partial charge in [-0.05, 0) is 24.8 Å². The zero-order valence-corrected chi connectivity index (χ0v) is 14.8. The highest BCUT2D eigenvalue weighted by molar-refractivity contribution is 5.51. The third-order valence-corrected chi connectivity index (χ3v) is 6.68. The maximum Gasteiger partial charge on any atom is 0.149 e. The number of quaternary nitrogens is 1. The van der Waals surface area contributed by atoms with Crippen molar-refractivity contribution in [1.29, 1.82) is 0 Å². The van der Waals surface area contributed by atoms with Gasteiger partial charge in [0.05, 0.1) is 13.6 Å². The molecule has 2 aromatic rings. The molecule has 0 fully saturated rings. The Morgan fingerprint density at radius 1 is 1.04 bits per heavy atom. The Morgan fingerprint density at radius 3 is 2.43 bits per heavy atom. The third kappa shape index (κ3) is 1.83. The predicted molar refractivity (Wildman–Crippen MR) is 96.3 cm³/mol. The standard InChI is InChI=1S/C22H28N/c1-16(2)13-14-23(4)21-15-17-9-5-7-11-19(17)22(23,3)20-12-8-6-10-18(20)21/h5-12,16,21H,13-15H2,1-4H3/q+1/t21-,22+,23+/m0/s1. The Labute approximate surface area is 140 Å². The average Bonchev–Trinajstić information content (AvgIpc) is 2.66. The van der Waals surface area contributed by atoms with E-state index < -0.39 is 0 Å². The lowest BCUT2D eigenvalue weighted by Gasteiger charge is -2.52. The summed E-state index contributed by atoms with van der Waals surface area (Å²) < 4.78 is 1.14.